The van der Waals surface area contributed by atoms with Gasteiger partial charge < -0.3 is 5.11 Å². The number of halogens is 1. The second kappa shape index (κ2) is 7.16. The minimum atomic E-state index is -0.0341. The Bertz CT molecular complexity index is 969. The Kier molecular flexibility index (Phi) is 4.97. The standard InChI is InChI=1S/C19H13IN2OS/c1-12-6-2-3-7-13(12)17-11-24-19(22-17)15(10-21)18(23)14-8-4-5-9-16(14)20/h2-9,11,23H,1H3. The van der Waals surface area contributed by atoms with Crippen LogP contribution in [0.1, 0.15) is 16.1 Å². The van der Waals surface area contributed by atoms with Crippen LogP contribution in [0.2, 0.25) is 0 Å². The molecule has 0 fully saturated rings. The first kappa shape index (κ1) is 16.7. The lowest BCUT2D eigenvalue weighted by Crippen LogP contribution is -1.93. The number of aliphatic hydroxyl groups excluding tert-OH is 1. The van der Waals surface area contributed by atoms with E-state index in [0.717, 1.165) is 20.4 Å². The Morgan fingerprint density at radius 3 is 2.58 bits per heavy atom. The van der Waals surface area contributed by atoms with Gasteiger partial charge in [-0.3, -0.25) is 0 Å². The van der Waals surface area contributed by atoms with E-state index in [0.29, 0.717) is 10.6 Å². The maximum atomic E-state index is 10.6. The molecule has 0 saturated carbocycles. The Morgan fingerprint density at radius 1 is 1.17 bits per heavy atom. The Balaban J connectivity index is 2.08. The zero-order chi connectivity index (χ0) is 17.1. The van der Waals surface area contributed by atoms with E-state index < -0.39 is 0 Å². The fourth-order valence-electron chi connectivity index (χ4n) is 2.36. The number of benzene rings is 2. The van der Waals surface area contributed by atoms with Gasteiger partial charge in [0.15, 0.2) is 0 Å². The number of aliphatic hydroxyl groups is 1. The molecule has 0 amide bonds. The highest BCUT2D eigenvalue weighted by Gasteiger charge is 2.17. The van der Waals surface area contributed by atoms with Crippen molar-refractivity contribution in [3.8, 4) is 17.3 Å². The minimum Gasteiger partial charge on any atom is -0.506 e. The largest absolute Gasteiger partial charge is 0.506 e. The lowest BCUT2D eigenvalue weighted by atomic mass is 10.1. The Morgan fingerprint density at radius 2 is 1.88 bits per heavy atom. The van der Waals surface area contributed by atoms with E-state index in [9.17, 15) is 10.4 Å². The summed E-state index contributed by atoms with van der Waals surface area (Å²) >= 11 is 3.50. The molecule has 0 spiro atoms. The fourth-order valence-corrected chi connectivity index (χ4v) is 3.82. The van der Waals surface area contributed by atoms with Crippen molar-refractivity contribution in [2.75, 3.05) is 0 Å². The van der Waals surface area contributed by atoms with Crippen LogP contribution in [0.3, 0.4) is 0 Å². The number of aromatic nitrogens is 1. The minimum absolute atomic E-state index is 0.0341. The number of hydrogen-bond donors (Lipinski definition) is 1. The monoisotopic (exact) mass is 444 g/mol. The molecule has 1 N–H and O–H groups in total. The van der Waals surface area contributed by atoms with Gasteiger partial charge in [0.2, 0.25) is 0 Å². The van der Waals surface area contributed by atoms with Gasteiger partial charge in [0.25, 0.3) is 0 Å². The van der Waals surface area contributed by atoms with Gasteiger partial charge in [-0.05, 0) is 41.1 Å². The molecule has 3 rings (SSSR count). The van der Waals surface area contributed by atoms with Crippen LogP contribution in [0.15, 0.2) is 53.9 Å². The van der Waals surface area contributed by atoms with Crippen LogP contribution in [0, 0.1) is 21.8 Å². The van der Waals surface area contributed by atoms with E-state index in [1.54, 1.807) is 6.07 Å². The highest BCUT2D eigenvalue weighted by atomic mass is 127. The van der Waals surface area contributed by atoms with E-state index in [1.165, 1.54) is 11.3 Å². The summed E-state index contributed by atoms with van der Waals surface area (Å²) in [6.07, 6.45) is 0. The topological polar surface area (TPSA) is 56.9 Å². The molecule has 0 radical (unpaired) electrons. The Labute approximate surface area is 158 Å². The van der Waals surface area contributed by atoms with Crippen molar-refractivity contribution >= 4 is 45.3 Å². The summed E-state index contributed by atoms with van der Waals surface area (Å²) in [7, 11) is 0. The van der Waals surface area contributed by atoms with Crippen molar-refractivity contribution in [2.45, 2.75) is 6.92 Å². The molecule has 0 bridgehead atoms. The van der Waals surface area contributed by atoms with Gasteiger partial charge in [-0.25, -0.2) is 4.98 Å². The molecule has 3 nitrogen and oxygen atoms in total. The van der Waals surface area contributed by atoms with Gasteiger partial charge in [-0.15, -0.1) is 11.3 Å². The van der Waals surface area contributed by atoms with Crippen LogP contribution in [0.4, 0.5) is 0 Å². The number of allylic oxidation sites excluding steroid dienone is 1. The smallest absolute Gasteiger partial charge is 0.144 e. The zero-order valence-electron chi connectivity index (χ0n) is 12.8. The van der Waals surface area contributed by atoms with Crippen LogP contribution >= 0.6 is 33.9 Å². The zero-order valence-corrected chi connectivity index (χ0v) is 15.8. The second-order valence-corrected chi connectivity index (χ2v) is 7.19. The molecule has 0 aliphatic heterocycles. The molecule has 0 atom stereocenters. The molecule has 0 saturated heterocycles. The predicted molar refractivity (Wildman–Crippen MR) is 107 cm³/mol. The van der Waals surface area contributed by atoms with Gasteiger partial charge in [-0.2, -0.15) is 5.26 Å². The van der Waals surface area contributed by atoms with E-state index >= 15 is 0 Å². The highest BCUT2D eigenvalue weighted by molar-refractivity contribution is 14.1. The summed E-state index contributed by atoms with van der Waals surface area (Å²) in [6, 6.07) is 17.5. The number of nitrogens with zero attached hydrogens (tertiary/aromatic N) is 2. The third kappa shape index (κ3) is 3.21. The first-order valence-corrected chi connectivity index (χ1v) is 9.18. The molecule has 0 unspecified atom stereocenters. The van der Waals surface area contributed by atoms with Gasteiger partial charge in [0, 0.05) is 20.1 Å². The van der Waals surface area contributed by atoms with Crippen LogP contribution < -0.4 is 0 Å². The third-order valence-electron chi connectivity index (χ3n) is 3.62. The predicted octanol–water partition coefficient (Wildman–Crippen LogP) is 5.67. The highest BCUT2D eigenvalue weighted by Crippen LogP contribution is 2.32. The summed E-state index contributed by atoms with van der Waals surface area (Å²) < 4.78 is 0.885. The molecule has 3 aromatic rings. The van der Waals surface area contributed by atoms with E-state index in [-0.39, 0.29) is 11.3 Å². The van der Waals surface area contributed by atoms with Gasteiger partial charge in [0.1, 0.15) is 22.4 Å². The van der Waals surface area contributed by atoms with Gasteiger partial charge in [-0.1, -0.05) is 42.5 Å². The second-order valence-electron chi connectivity index (χ2n) is 5.17. The molecule has 1 heterocycles. The van der Waals surface area contributed by atoms with Crippen molar-refractivity contribution in [3.63, 3.8) is 0 Å². The van der Waals surface area contributed by atoms with E-state index in [4.69, 9.17) is 0 Å². The summed E-state index contributed by atoms with van der Waals surface area (Å²) in [5.74, 6) is -0.0341. The van der Waals surface area contributed by atoms with Crippen molar-refractivity contribution < 1.29 is 5.11 Å². The molecule has 1 aromatic heterocycles. The number of aryl methyl sites for hydroxylation is 1. The maximum Gasteiger partial charge on any atom is 0.144 e. The normalized spacial score (nSPS) is 11.7. The lowest BCUT2D eigenvalue weighted by molar-refractivity contribution is 0.513. The molecular weight excluding hydrogens is 431 g/mol. The van der Waals surface area contributed by atoms with Crippen molar-refractivity contribution in [2.24, 2.45) is 0 Å². The van der Waals surface area contributed by atoms with Crippen molar-refractivity contribution in [3.05, 3.63) is 73.6 Å². The Hall–Kier alpha value is -2.17. The third-order valence-corrected chi connectivity index (χ3v) is 5.42. The number of rotatable bonds is 3. The first-order chi connectivity index (χ1) is 11.6. The summed E-state index contributed by atoms with van der Waals surface area (Å²) in [5.41, 5.74) is 3.81. The van der Waals surface area contributed by atoms with E-state index in [2.05, 4.69) is 33.6 Å². The van der Waals surface area contributed by atoms with Crippen LogP contribution in [-0.4, -0.2) is 10.1 Å². The van der Waals surface area contributed by atoms with Crippen LogP contribution in [-0.2, 0) is 0 Å². The van der Waals surface area contributed by atoms with E-state index in [1.807, 2.05) is 54.8 Å². The molecular formula is C19H13IN2OS. The SMILES string of the molecule is Cc1ccccc1-c1csc(C(C#N)=C(O)c2ccccc2I)n1. The van der Waals surface area contributed by atoms with Crippen molar-refractivity contribution in [1.82, 2.24) is 4.98 Å². The summed E-state index contributed by atoms with van der Waals surface area (Å²) in [4.78, 5) is 4.56. The average molecular weight is 444 g/mol. The number of nitriles is 1. The molecule has 5 heteroatoms. The average Bonchev–Trinajstić information content (AvgIpc) is 3.05. The van der Waals surface area contributed by atoms with Crippen molar-refractivity contribution in [1.29, 1.82) is 5.26 Å². The molecule has 118 valence electrons. The first-order valence-electron chi connectivity index (χ1n) is 7.22. The van der Waals surface area contributed by atoms with Gasteiger partial charge in [0.05, 0.1) is 5.69 Å². The molecule has 24 heavy (non-hydrogen) atoms. The fraction of sp³-hybridized carbons (Fsp3) is 0.0526. The molecule has 0 aliphatic rings. The summed E-state index contributed by atoms with van der Waals surface area (Å²) in [5, 5.41) is 22.5. The van der Waals surface area contributed by atoms with Crippen LogP contribution in [0.5, 0.6) is 0 Å². The number of hydrogen-bond acceptors (Lipinski definition) is 4. The lowest BCUT2D eigenvalue weighted by Gasteiger charge is -2.05. The van der Waals surface area contributed by atoms with Gasteiger partial charge >= 0.3 is 0 Å². The van der Waals surface area contributed by atoms with Crippen LogP contribution in [0.25, 0.3) is 22.6 Å². The number of thiazole rings is 1. The maximum absolute atomic E-state index is 10.6. The quantitative estimate of drug-likeness (QED) is 0.322. The molecule has 2 aromatic carbocycles. The summed E-state index contributed by atoms with van der Waals surface area (Å²) in [6.45, 7) is 2.03. The molecule has 0 aliphatic carbocycles.